The molecule has 2 fully saturated rings. The van der Waals surface area contributed by atoms with Gasteiger partial charge in [-0.2, -0.15) is 4.31 Å². The molecule has 2 heterocycles. The number of rotatable bonds is 5. The number of anilines is 1. The molecular formula is C15H20N4O7S. The molecule has 1 amide bonds. The minimum Gasteiger partial charge on any atom is -0.391 e. The van der Waals surface area contributed by atoms with Crippen molar-refractivity contribution >= 4 is 27.3 Å². The zero-order valence-corrected chi connectivity index (χ0v) is 15.2. The number of morpholine rings is 1. The Balaban J connectivity index is 2.01. The zero-order valence-electron chi connectivity index (χ0n) is 14.4. The molecule has 0 bridgehead atoms. The molecule has 0 unspecified atom stereocenters. The third-order valence-corrected chi connectivity index (χ3v) is 6.56. The molecule has 2 saturated heterocycles. The smallest absolute Gasteiger partial charge is 0.293 e. The molecule has 0 aromatic heterocycles. The van der Waals surface area contributed by atoms with Crippen LogP contribution in [0.2, 0.25) is 0 Å². The Bertz CT molecular complexity index is 854. The molecule has 148 valence electrons. The van der Waals surface area contributed by atoms with Gasteiger partial charge in [0.2, 0.25) is 15.9 Å². The normalized spacial score (nSPS) is 24.1. The Morgan fingerprint density at radius 2 is 2.00 bits per heavy atom. The predicted octanol–water partition coefficient (Wildman–Crippen LogP) is -0.959. The summed E-state index contributed by atoms with van der Waals surface area (Å²) < 4.78 is 31.8. The van der Waals surface area contributed by atoms with Crippen molar-refractivity contribution in [3.05, 3.63) is 28.3 Å². The predicted molar refractivity (Wildman–Crippen MR) is 93.6 cm³/mol. The maximum absolute atomic E-state index is 12.7. The number of ether oxygens (including phenoxy) is 1. The number of carbonyl (C=O) groups excluding carboxylic acids is 1. The van der Waals surface area contributed by atoms with Crippen LogP contribution in [0.5, 0.6) is 0 Å². The number of amides is 1. The number of nitrogens with zero attached hydrogens (tertiary/aromatic N) is 3. The quantitative estimate of drug-likeness (QED) is 0.473. The molecule has 0 spiro atoms. The highest BCUT2D eigenvalue weighted by Crippen LogP contribution is 2.36. The van der Waals surface area contributed by atoms with Crippen molar-refractivity contribution < 1.29 is 28.0 Å². The van der Waals surface area contributed by atoms with E-state index in [-0.39, 0.29) is 49.9 Å². The second kappa shape index (κ2) is 7.38. The first-order chi connectivity index (χ1) is 12.7. The van der Waals surface area contributed by atoms with Gasteiger partial charge in [-0.15, -0.1) is 0 Å². The molecule has 0 saturated carbocycles. The van der Waals surface area contributed by atoms with Crippen molar-refractivity contribution in [2.75, 3.05) is 37.7 Å². The van der Waals surface area contributed by atoms with Crippen LogP contribution < -0.4 is 10.6 Å². The number of β-amino-alcohol motifs (C(OH)–C–C–N with tert-alkyl or cyclic N) is 1. The molecule has 3 N–H and O–H groups in total. The van der Waals surface area contributed by atoms with Crippen LogP contribution in [0.25, 0.3) is 0 Å². The standard InChI is InChI=1S/C15H20N4O7S/c16-15(21)14-7-10(20)9-18(14)12-2-1-11(8-13(12)19(22)23)27(24,25)17-3-5-26-6-4-17/h1-2,8,10,14,20H,3-7,9H2,(H2,16,21)/t10-,14-/m1/s1. The first-order valence-electron chi connectivity index (χ1n) is 8.32. The number of nitro benzene ring substituents is 1. The van der Waals surface area contributed by atoms with E-state index in [1.54, 1.807) is 0 Å². The lowest BCUT2D eigenvalue weighted by atomic mass is 10.1. The van der Waals surface area contributed by atoms with Gasteiger partial charge in [-0.3, -0.25) is 14.9 Å². The van der Waals surface area contributed by atoms with E-state index in [4.69, 9.17) is 10.5 Å². The van der Waals surface area contributed by atoms with E-state index in [1.165, 1.54) is 21.3 Å². The van der Waals surface area contributed by atoms with Gasteiger partial charge in [0.15, 0.2) is 0 Å². The van der Waals surface area contributed by atoms with E-state index in [2.05, 4.69) is 0 Å². The van der Waals surface area contributed by atoms with Gasteiger partial charge >= 0.3 is 0 Å². The number of hydrogen-bond acceptors (Lipinski definition) is 8. The van der Waals surface area contributed by atoms with Crippen LogP contribution in [0.15, 0.2) is 23.1 Å². The zero-order chi connectivity index (χ0) is 19.8. The molecule has 0 radical (unpaired) electrons. The summed E-state index contributed by atoms with van der Waals surface area (Å²) in [5, 5.41) is 21.4. The van der Waals surface area contributed by atoms with Crippen LogP contribution in [-0.4, -0.2) is 73.7 Å². The van der Waals surface area contributed by atoms with Gasteiger partial charge < -0.3 is 20.5 Å². The number of benzene rings is 1. The number of hydrogen-bond donors (Lipinski definition) is 2. The highest BCUT2D eigenvalue weighted by molar-refractivity contribution is 7.89. The monoisotopic (exact) mass is 400 g/mol. The van der Waals surface area contributed by atoms with E-state index in [0.29, 0.717) is 0 Å². The highest BCUT2D eigenvalue weighted by atomic mass is 32.2. The second-order valence-corrected chi connectivity index (χ2v) is 8.32. The molecule has 3 rings (SSSR count). The third kappa shape index (κ3) is 3.74. The SMILES string of the molecule is NC(=O)[C@H]1C[C@@H](O)CN1c1ccc(S(=O)(=O)N2CCOCC2)cc1[N+](=O)[O-]. The Morgan fingerprint density at radius 3 is 2.59 bits per heavy atom. The number of sulfonamides is 1. The highest BCUT2D eigenvalue weighted by Gasteiger charge is 2.38. The van der Waals surface area contributed by atoms with Gasteiger partial charge in [-0.25, -0.2) is 8.42 Å². The minimum absolute atomic E-state index is 0.00991. The summed E-state index contributed by atoms with van der Waals surface area (Å²) in [6.45, 7) is 0.834. The minimum atomic E-state index is -3.91. The largest absolute Gasteiger partial charge is 0.391 e. The summed E-state index contributed by atoms with van der Waals surface area (Å²) in [6.07, 6.45) is -0.806. The van der Waals surface area contributed by atoms with Crippen LogP contribution in [0, 0.1) is 10.1 Å². The molecule has 2 aliphatic rings. The van der Waals surface area contributed by atoms with Crippen molar-refractivity contribution in [1.82, 2.24) is 4.31 Å². The van der Waals surface area contributed by atoms with Crippen molar-refractivity contribution in [2.24, 2.45) is 5.73 Å². The molecule has 27 heavy (non-hydrogen) atoms. The molecule has 2 atom stereocenters. The van der Waals surface area contributed by atoms with Crippen molar-refractivity contribution in [2.45, 2.75) is 23.5 Å². The average molecular weight is 400 g/mol. The lowest BCUT2D eigenvalue weighted by Crippen LogP contribution is -2.41. The van der Waals surface area contributed by atoms with Crippen LogP contribution in [0.4, 0.5) is 11.4 Å². The summed E-state index contributed by atoms with van der Waals surface area (Å²) in [6, 6.07) is 2.61. The maximum Gasteiger partial charge on any atom is 0.293 e. The van der Waals surface area contributed by atoms with Gasteiger partial charge in [0.05, 0.1) is 29.1 Å². The Kier molecular flexibility index (Phi) is 5.33. The molecule has 12 heteroatoms. The third-order valence-electron chi connectivity index (χ3n) is 4.67. The summed E-state index contributed by atoms with van der Waals surface area (Å²) >= 11 is 0. The van der Waals surface area contributed by atoms with Crippen LogP contribution >= 0.6 is 0 Å². The first kappa shape index (κ1) is 19.5. The first-order valence-corrected chi connectivity index (χ1v) is 9.76. The van der Waals surface area contributed by atoms with Crippen molar-refractivity contribution in [1.29, 1.82) is 0 Å². The topological polar surface area (TPSA) is 156 Å². The fraction of sp³-hybridized carbons (Fsp3) is 0.533. The van der Waals surface area contributed by atoms with Crippen LogP contribution in [0.1, 0.15) is 6.42 Å². The van der Waals surface area contributed by atoms with Gasteiger partial charge in [-0.05, 0) is 12.1 Å². The number of carbonyl (C=O) groups is 1. The van der Waals surface area contributed by atoms with Crippen molar-refractivity contribution in [3.63, 3.8) is 0 Å². The number of nitrogens with two attached hydrogens (primary N) is 1. The molecule has 2 aliphatic heterocycles. The second-order valence-electron chi connectivity index (χ2n) is 6.38. The average Bonchev–Trinajstić information content (AvgIpc) is 3.04. The molecule has 1 aromatic carbocycles. The maximum atomic E-state index is 12.7. The van der Waals surface area contributed by atoms with Crippen molar-refractivity contribution in [3.8, 4) is 0 Å². The van der Waals surface area contributed by atoms with Crippen LogP contribution in [0.3, 0.4) is 0 Å². The van der Waals surface area contributed by atoms with Gasteiger partial charge in [0.1, 0.15) is 11.7 Å². The summed E-state index contributed by atoms with van der Waals surface area (Å²) in [5.41, 5.74) is 4.91. The van der Waals surface area contributed by atoms with Gasteiger partial charge in [0, 0.05) is 32.1 Å². The number of nitro groups is 1. The fourth-order valence-corrected chi connectivity index (χ4v) is 4.77. The fourth-order valence-electron chi connectivity index (χ4n) is 3.34. The molecular weight excluding hydrogens is 380 g/mol. The number of primary amides is 1. The molecule has 1 aromatic rings. The molecule has 0 aliphatic carbocycles. The van der Waals surface area contributed by atoms with Gasteiger partial charge in [-0.1, -0.05) is 0 Å². The summed E-state index contributed by atoms with van der Waals surface area (Å²) in [5.74, 6) is -0.717. The number of aliphatic hydroxyl groups excluding tert-OH is 1. The summed E-state index contributed by atoms with van der Waals surface area (Å²) in [7, 11) is -3.91. The van der Waals surface area contributed by atoms with Crippen LogP contribution in [-0.2, 0) is 19.6 Å². The van der Waals surface area contributed by atoms with E-state index in [1.807, 2.05) is 0 Å². The lowest BCUT2D eigenvalue weighted by molar-refractivity contribution is -0.384. The number of aliphatic hydroxyl groups is 1. The van der Waals surface area contributed by atoms with E-state index in [0.717, 1.165) is 6.07 Å². The van der Waals surface area contributed by atoms with E-state index in [9.17, 15) is 28.4 Å². The molecule has 11 nitrogen and oxygen atoms in total. The lowest BCUT2D eigenvalue weighted by Gasteiger charge is -2.27. The Labute approximate surface area is 155 Å². The Hall–Kier alpha value is -2.28. The van der Waals surface area contributed by atoms with E-state index >= 15 is 0 Å². The Morgan fingerprint density at radius 1 is 1.33 bits per heavy atom. The summed E-state index contributed by atoms with van der Waals surface area (Å²) in [4.78, 5) is 23.6. The van der Waals surface area contributed by atoms with Gasteiger partial charge in [0.25, 0.3) is 5.69 Å². The van der Waals surface area contributed by atoms with E-state index < -0.39 is 38.7 Å².